The van der Waals surface area contributed by atoms with E-state index in [0.717, 1.165) is 0 Å². The van der Waals surface area contributed by atoms with Crippen LogP contribution in [0, 0.1) is 6.92 Å². The van der Waals surface area contributed by atoms with Crippen molar-refractivity contribution in [3.8, 4) is 0 Å². The van der Waals surface area contributed by atoms with E-state index < -0.39 is 0 Å². The van der Waals surface area contributed by atoms with Crippen LogP contribution in [0.5, 0.6) is 0 Å². The summed E-state index contributed by atoms with van der Waals surface area (Å²) in [4.78, 5) is 0. The van der Waals surface area contributed by atoms with Crippen LogP contribution < -0.4 is 0 Å². The molecule has 1 heteroatoms. The van der Waals surface area contributed by atoms with Crippen LogP contribution >= 0.6 is 0 Å². The molecule has 0 aliphatic heterocycles. The Morgan fingerprint density at radius 1 is 1.44 bits per heavy atom. The number of aryl methyl sites for hydroxylation is 1. The van der Waals surface area contributed by atoms with Gasteiger partial charge in [-0.1, -0.05) is 0 Å². The zero-order valence-corrected chi connectivity index (χ0v) is 7.84. The van der Waals surface area contributed by atoms with Crippen LogP contribution in [-0.2, 0) is 24.2 Å². The first-order valence-electron chi connectivity index (χ1n) is 2.90. The van der Waals surface area contributed by atoms with Crippen molar-refractivity contribution in [2.45, 2.75) is 6.92 Å². The van der Waals surface area contributed by atoms with Crippen molar-refractivity contribution in [3.05, 3.63) is 35.4 Å². The van der Waals surface area contributed by atoms with Gasteiger partial charge in [-0.15, -0.1) is 0 Å². The first-order valence-corrected chi connectivity index (χ1v) is 4.32. The molecule has 0 saturated carbocycles. The van der Waals surface area contributed by atoms with Gasteiger partial charge in [0.2, 0.25) is 0 Å². The molecule has 0 N–H and O–H groups in total. The molecule has 1 rings (SSSR count). The van der Waals surface area contributed by atoms with E-state index >= 15 is 0 Å². The fraction of sp³-hybridized carbons (Fsp3) is 0.125. The molecule has 9 heavy (non-hydrogen) atoms. The van der Waals surface area contributed by atoms with Gasteiger partial charge in [0.25, 0.3) is 0 Å². The molecule has 0 saturated heterocycles. The van der Waals surface area contributed by atoms with Crippen molar-refractivity contribution in [3.63, 3.8) is 0 Å². The van der Waals surface area contributed by atoms with Gasteiger partial charge in [0.05, 0.1) is 0 Å². The Morgan fingerprint density at radius 3 is 2.67 bits per heavy atom. The molecule has 0 bridgehead atoms. The van der Waals surface area contributed by atoms with Crippen molar-refractivity contribution < 1.29 is 24.2 Å². The van der Waals surface area contributed by atoms with Crippen molar-refractivity contribution in [1.82, 2.24) is 0 Å². The second-order valence-electron chi connectivity index (χ2n) is 2.06. The summed E-state index contributed by atoms with van der Waals surface area (Å²) in [5, 5.41) is 0. The van der Waals surface area contributed by atoms with E-state index in [0.29, 0.717) is 0 Å². The van der Waals surface area contributed by atoms with Crippen LogP contribution in [0.3, 0.4) is 0 Å². The van der Waals surface area contributed by atoms with E-state index in [1.54, 1.807) is 0 Å². The molecule has 0 atom stereocenters. The molecule has 0 aromatic heterocycles. The van der Waals surface area contributed by atoms with Gasteiger partial charge in [0.1, 0.15) is 0 Å². The average molecular weight is 195 g/mol. The zero-order chi connectivity index (χ0) is 6.69. The molecular formula is C8H8Zr+2. The quantitative estimate of drug-likeness (QED) is 0.640. The number of hydrogen-bond acceptors (Lipinski definition) is 0. The summed E-state index contributed by atoms with van der Waals surface area (Å²) >= 11 is 1.47. The summed E-state index contributed by atoms with van der Waals surface area (Å²) in [7, 11) is 0. The van der Waals surface area contributed by atoms with Crippen LogP contribution in [0.25, 0.3) is 0 Å². The Hall–Kier alpha value is -0.0269. The van der Waals surface area contributed by atoms with Crippen molar-refractivity contribution in [2.24, 2.45) is 0 Å². The molecule has 0 unspecified atom stereocenters. The molecule has 0 spiro atoms. The molecule has 0 nitrogen and oxygen atoms in total. The third kappa shape index (κ3) is 1.98. The maximum atomic E-state index is 2.19. The van der Waals surface area contributed by atoms with Crippen LogP contribution in [0.1, 0.15) is 11.1 Å². The molecule has 1 aromatic rings. The van der Waals surface area contributed by atoms with Gasteiger partial charge >= 0.3 is 70.3 Å². The normalized spacial score (nSPS) is 9.22. The first-order chi connectivity index (χ1) is 4.33. The second-order valence-corrected chi connectivity index (χ2v) is 2.77. The minimum absolute atomic E-state index is 1.34. The van der Waals surface area contributed by atoms with E-state index in [1.165, 1.54) is 35.4 Å². The number of hydrogen-bond donors (Lipinski definition) is 0. The molecule has 0 amide bonds. The van der Waals surface area contributed by atoms with Crippen LogP contribution in [0.15, 0.2) is 24.3 Å². The fourth-order valence-electron chi connectivity index (χ4n) is 0.760. The van der Waals surface area contributed by atoms with Crippen LogP contribution in [0.2, 0.25) is 0 Å². The van der Waals surface area contributed by atoms with Gasteiger partial charge in [-0.05, 0) is 0 Å². The standard InChI is InChI=1S/C8H8.Zr/c1-7-4-3-5-8(2)6-7;/h1,3-6H,2H3;/q;+2. The van der Waals surface area contributed by atoms with Gasteiger partial charge in [0, 0.05) is 0 Å². The van der Waals surface area contributed by atoms with Crippen LogP contribution in [0.4, 0.5) is 0 Å². The molecule has 42 valence electrons. The monoisotopic (exact) mass is 194 g/mol. The van der Waals surface area contributed by atoms with E-state index in [9.17, 15) is 0 Å². The SMILES string of the molecule is Cc1cccc([CH]=[Zr+2])c1. The summed E-state index contributed by atoms with van der Waals surface area (Å²) in [6.45, 7) is 2.11. The van der Waals surface area contributed by atoms with Gasteiger partial charge in [-0.3, -0.25) is 0 Å². The maximum absolute atomic E-state index is 2.19. The zero-order valence-electron chi connectivity index (χ0n) is 5.39. The Labute approximate surface area is 70.2 Å². The Balaban J connectivity index is 3.07. The Morgan fingerprint density at radius 2 is 2.22 bits per heavy atom. The second kappa shape index (κ2) is 3.22. The third-order valence-corrected chi connectivity index (χ3v) is 2.03. The molecule has 0 heterocycles. The molecular weight excluding hydrogens is 187 g/mol. The summed E-state index contributed by atoms with van der Waals surface area (Å²) in [5.41, 5.74) is 2.68. The summed E-state index contributed by atoms with van der Waals surface area (Å²) < 4.78 is 2.19. The van der Waals surface area contributed by atoms with E-state index in [4.69, 9.17) is 0 Å². The molecule has 0 radical (unpaired) electrons. The minimum atomic E-state index is 1.34. The topological polar surface area (TPSA) is 0 Å². The molecule has 0 aliphatic rings. The predicted octanol–water partition coefficient (Wildman–Crippen LogP) is 1.69. The summed E-state index contributed by atoms with van der Waals surface area (Å²) in [6.07, 6.45) is 0. The van der Waals surface area contributed by atoms with E-state index in [-0.39, 0.29) is 0 Å². The van der Waals surface area contributed by atoms with Crippen molar-refractivity contribution in [1.29, 1.82) is 0 Å². The van der Waals surface area contributed by atoms with Gasteiger partial charge in [-0.25, -0.2) is 0 Å². The predicted molar refractivity (Wildman–Crippen MR) is 36.3 cm³/mol. The van der Waals surface area contributed by atoms with Gasteiger partial charge < -0.3 is 0 Å². The molecule has 1 aromatic carbocycles. The summed E-state index contributed by atoms with van der Waals surface area (Å²) in [5.74, 6) is 0. The van der Waals surface area contributed by atoms with E-state index in [1.807, 2.05) is 0 Å². The first kappa shape index (κ1) is 7.08. The number of rotatable bonds is 1. The van der Waals surface area contributed by atoms with Crippen molar-refractivity contribution >= 4 is 3.71 Å². The third-order valence-electron chi connectivity index (χ3n) is 1.21. The van der Waals surface area contributed by atoms with Gasteiger partial charge in [0.15, 0.2) is 0 Å². The molecule has 0 aliphatic carbocycles. The summed E-state index contributed by atoms with van der Waals surface area (Å²) in [6, 6.07) is 8.52. The average Bonchev–Trinajstić information content (AvgIpc) is 1.88. The Kier molecular flexibility index (Phi) is 2.53. The Bertz CT molecular complexity index is 216. The fourth-order valence-corrected chi connectivity index (χ4v) is 1.20. The molecule has 0 fully saturated rings. The van der Waals surface area contributed by atoms with E-state index in [2.05, 4.69) is 34.9 Å². The van der Waals surface area contributed by atoms with Gasteiger partial charge in [-0.2, -0.15) is 0 Å². The van der Waals surface area contributed by atoms with Crippen LogP contribution in [-0.4, -0.2) is 3.71 Å². The number of benzene rings is 1. The van der Waals surface area contributed by atoms with Crippen molar-refractivity contribution in [2.75, 3.05) is 0 Å².